The molecule has 2 fully saturated rings. The number of carbonyl (C=O) groups is 2. The van der Waals surface area contributed by atoms with Crippen molar-refractivity contribution < 1.29 is 19.4 Å². The molecule has 1 unspecified atom stereocenters. The fraction of sp³-hybridized carbons (Fsp3) is 0.875. The molecule has 0 spiro atoms. The number of β-amino-alcohol motifs (C(OH)–C–C–N with tert-alkyl or cyclic N) is 1. The van der Waals surface area contributed by atoms with E-state index in [1.165, 1.54) is 30.6 Å². The van der Waals surface area contributed by atoms with Crippen molar-refractivity contribution in [3.8, 4) is 0 Å². The fourth-order valence-electron chi connectivity index (χ4n) is 3.39. The van der Waals surface area contributed by atoms with Crippen molar-refractivity contribution in [2.45, 2.75) is 44.6 Å². The second-order valence-corrected chi connectivity index (χ2v) is 6.45. The van der Waals surface area contributed by atoms with Crippen molar-refractivity contribution in [2.24, 2.45) is 5.92 Å². The van der Waals surface area contributed by atoms with Crippen LogP contribution in [0, 0.1) is 5.92 Å². The van der Waals surface area contributed by atoms with Crippen molar-refractivity contribution in [1.82, 2.24) is 9.80 Å². The third-order valence-electron chi connectivity index (χ3n) is 4.70. The highest BCUT2D eigenvalue weighted by molar-refractivity contribution is 5.85. The molecule has 6 heteroatoms. The number of aliphatic hydroxyl groups is 1. The fourth-order valence-corrected chi connectivity index (χ4v) is 3.39. The van der Waals surface area contributed by atoms with Gasteiger partial charge >= 0.3 is 0 Å². The summed E-state index contributed by atoms with van der Waals surface area (Å²) in [6, 6.07) is 0. The van der Waals surface area contributed by atoms with Crippen LogP contribution in [0.1, 0.15) is 38.5 Å². The molecule has 2 aliphatic rings. The van der Waals surface area contributed by atoms with Crippen molar-refractivity contribution in [1.29, 1.82) is 0 Å². The van der Waals surface area contributed by atoms with Crippen molar-refractivity contribution in [3.63, 3.8) is 0 Å². The Morgan fingerprint density at radius 3 is 2.73 bits per heavy atom. The summed E-state index contributed by atoms with van der Waals surface area (Å²) in [6.07, 6.45) is 5.70. The van der Waals surface area contributed by atoms with E-state index in [2.05, 4.69) is 0 Å². The molecule has 1 atom stereocenters. The maximum Gasteiger partial charge on any atom is 0.242 e. The first-order valence-corrected chi connectivity index (χ1v) is 8.32. The van der Waals surface area contributed by atoms with Crippen LogP contribution in [0.2, 0.25) is 0 Å². The monoisotopic (exact) mass is 312 g/mol. The van der Waals surface area contributed by atoms with E-state index < -0.39 is 6.10 Å². The maximum atomic E-state index is 12.3. The Morgan fingerprint density at radius 2 is 2.05 bits per heavy atom. The third-order valence-corrected chi connectivity index (χ3v) is 4.70. The molecule has 1 aliphatic carbocycles. The van der Waals surface area contributed by atoms with E-state index in [0.29, 0.717) is 25.5 Å². The van der Waals surface area contributed by atoms with E-state index in [1.54, 1.807) is 12.0 Å². The lowest BCUT2D eigenvalue weighted by Crippen LogP contribution is -2.40. The molecule has 22 heavy (non-hydrogen) atoms. The first kappa shape index (κ1) is 17.2. The summed E-state index contributed by atoms with van der Waals surface area (Å²) >= 11 is 0. The molecule has 1 heterocycles. The first-order chi connectivity index (χ1) is 10.6. The van der Waals surface area contributed by atoms with Crippen LogP contribution in [-0.2, 0) is 14.3 Å². The Kier molecular flexibility index (Phi) is 6.64. The minimum absolute atomic E-state index is 0.00658. The highest BCUT2D eigenvalue weighted by atomic mass is 16.5. The zero-order valence-corrected chi connectivity index (χ0v) is 13.5. The molecule has 1 saturated carbocycles. The third kappa shape index (κ3) is 4.95. The van der Waals surface area contributed by atoms with Gasteiger partial charge in [0.1, 0.15) is 0 Å². The Bertz CT molecular complexity index is 382. The molecule has 1 aliphatic heterocycles. The lowest BCUT2D eigenvalue weighted by molar-refractivity contribution is -0.139. The molecular weight excluding hydrogens is 284 g/mol. The molecule has 1 N–H and O–H groups in total. The summed E-state index contributed by atoms with van der Waals surface area (Å²) < 4.78 is 4.98. The van der Waals surface area contributed by atoms with E-state index in [1.807, 2.05) is 0 Å². The normalized spacial score (nSPS) is 23.9. The van der Waals surface area contributed by atoms with Gasteiger partial charge < -0.3 is 19.6 Å². The van der Waals surface area contributed by atoms with Crippen LogP contribution in [0.4, 0.5) is 0 Å². The summed E-state index contributed by atoms with van der Waals surface area (Å²) in [4.78, 5) is 27.6. The van der Waals surface area contributed by atoms with Crippen LogP contribution < -0.4 is 0 Å². The number of nitrogens with zero attached hydrogens (tertiary/aromatic N) is 2. The highest BCUT2D eigenvalue weighted by Crippen LogP contribution is 2.28. The standard InChI is InChI=1S/C16H28N2O4/c1-22-9-8-17-10-14(19)11-18(12-16(17)21)15(20)7-6-13-4-2-3-5-13/h13-14,19H,2-12H2,1H3. The molecule has 6 nitrogen and oxygen atoms in total. The number of carbonyl (C=O) groups excluding carboxylic acids is 2. The molecule has 0 aromatic rings. The largest absolute Gasteiger partial charge is 0.389 e. The van der Waals surface area contributed by atoms with E-state index in [-0.39, 0.29) is 31.4 Å². The molecule has 1 saturated heterocycles. The minimum Gasteiger partial charge on any atom is -0.389 e. The predicted molar refractivity (Wildman–Crippen MR) is 82.2 cm³/mol. The number of methoxy groups -OCH3 is 1. The summed E-state index contributed by atoms with van der Waals surface area (Å²) in [7, 11) is 1.58. The van der Waals surface area contributed by atoms with Gasteiger partial charge in [0.25, 0.3) is 0 Å². The number of aliphatic hydroxyl groups excluding tert-OH is 1. The van der Waals surface area contributed by atoms with Gasteiger partial charge in [-0.1, -0.05) is 25.7 Å². The van der Waals surface area contributed by atoms with Crippen LogP contribution >= 0.6 is 0 Å². The van der Waals surface area contributed by atoms with Gasteiger partial charge in [0.15, 0.2) is 0 Å². The van der Waals surface area contributed by atoms with E-state index in [4.69, 9.17) is 4.74 Å². The van der Waals surface area contributed by atoms with Crippen molar-refractivity contribution >= 4 is 11.8 Å². The van der Waals surface area contributed by atoms with Crippen LogP contribution in [0.15, 0.2) is 0 Å². The molecular formula is C16H28N2O4. The van der Waals surface area contributed by atoms with Gasteiger partial charge in [0.2, 0.25) is 11.8 Å². The number of amides is 2. The second-order valence-electron chi connectivity index (χ2n) is 6.45. The Balaban J connectivity index is 1.84. The molecule has 0 aromatic carbocycles. The summed E-state index contributed by atoms with van der Waals surface area (Å²) in [5.41, 5.74) is 0. The first-order valence-electron chi connectivity index (χ1n) is 8.32. The van der Waals surface area contributed by atoms with E-state index in [9.17, 15) is 14.7 Å². The second kappa shape index (κ2) is 8.48. The van der Waals surface area contributed by atoms with Crippen LogP contribution in [0.3, 0.4) is 0 Å². The lowest BCUT2D eigenvalue weighted by Gasteiger charge is -2.22. The predicted octanol–water partition coefficient (Wildman–Crippen LogP) is 0.635. The average molecular weight is 312 g/mol. The average Bonchev–Trinajstić information content (AvgIpc) is 2.96. The van der Waals surface area contributed by atoms with Gasteiger partial charge in [-0.3, -0.25) is 9.59 Å². The number of hydrogen-bond donors (Lipinski definition) is 1. The van der Waals surface area contributed by atoms with E-state index >= 15 is 0 Å². The smallest absolute Gasteiger partial charge is 0.242 e. The van der Waals surface area contributed by atoms with Crippen molar-refractivity contribution in [2.75, 3.05) is 39.9 Å². The highest BCUT2D eigenvalue weighted by Gasteiger charge is 2.29. The van der Waals surface area contributed by atoms with Crippen LogP contribution in [0.25, 0.3) is 0 Å². The zero-order valence-electron chi connectivity index (χ0n) is 13.5. The summed E-state index contributed by atoms with van der Waals surface area (Å²) in [5.74, 6) is 0.547. The van der Waals surface area contributed by atoms with E-state index in [0.717, 1.165) is 6.42 Å². The Morgan fingerprint density at radius 1 is 1.32 bits per heavy atom. The Labute approximate surface area is 132 Å². The van der Waals surface area contributed by atoms with Gasteiger partial charge in [-0.2, -0.15) is 0 Å². The van der Waals surface area contributed by atoms with Gasteiger partial charge in [0.05, 0.1) is 19.3 Å². The topological polar surface area (TPSA) is 70.1 Å². The van der Waals surface area contributed by atoms with Gasteiger partial charge in [-0.15, -0.1) is 0 Å². The SMILES string of the molecule is COCCN1CC(O)CN(C(=O)CCC2CCCC2)CC1=O. The molecule has 2 amide bonds. The molecule has 0 bridgehead atoms. The van der Waals surface area contributed by atoms with Gasteiger partial charge in [-0.05, 0) is 12.3 Å². The zero-order chi connectivity index (χ0) is 15.9. The van der Waals surface area contributed by atoms with Gasteiger partial charge in [-0.25, -0.2) is 0 Å². The molecule has 2 rings (SSSR count). The quantitative estimate of drug-likeness (QED) is 0.781. The maximum absolute atomic E-state index is 12.3. The lowest BCUT2D eigenvalue weighted by atomic mass is 10.0. The number of ether oxygens (including phenoxy) is 1. The van der Waals surface area contributed by atoms with Crippen molar-refractivity contribution in [3.05, 3.63) is 0 Å². The molecule has 0 radical (unpaired) electrons. The number of rotatable bonds is 6. The van der Waals surface area contributed by atoms with Gasteiger partial charge in [0, 0.05) is 33.2 Å². The Hall–Kier alpha value is -1.14. The minimum atomic E-state index is -0.682. The molecule has 126 valence electrons. The summed E-state index contributed by atoms with van der Waals surface area (Å²) in [6.45, 7) is 1.49. The number of hydrogen-bond acceptors (Lipinski definition) is 4. The molecule has 0 aromatic heterocycles. The van der Waals surface area contributed by atoms with Crippen LogP contribution in [-0.4, -0.2) is 72.7 Å². The summed E-state index contributed by atoms with van der Waals surface area (Å²) in [5, 5.41) is 10.0. The van der Waals surface area contributed by atoms with Crippen LogP contribution in [0.5, 0.6) is 0 Å².